The fraction of sp³-hybridized carbons (Fsp3) is 0.517. The van der Waals surface area contributed by atoms with Gasteiger partial charge >= 0.3 is 6.09 Å². The zero-order valence-electron chi connectivity index (χ0n) is 23.7. The van der Waals surface area contributed by atoms with E-state index < -0.39 is 37.5 Å². The van der Waals surface area contributed by atoms with Gasteiger partial charge in [0.2, 0.25) is 14.8 Å². The van der Waals surface area contributed by atoms with Crippen LogP contribution in [0.5, 0.6) is 5.75 Å². The highest BCUT2D eigenvalue weighted by Crippen LogP contribution is 2.41. The zero-order chi connectivity index (χ0) is 29.5. The Kier molecular flexibility index (Phi) is 10.2. The van der Waals surface area contributed by atoms with E-state index in [1.165, 1.54) is 31.4 Å². The van der Waals surface area contributed by atoms with Gasteiger partial charge in [-0.15, -0.1) is 0 Å². The molecule has 0 heterocycles. The summed E-state index contributed by atoms with van der Waals surface area (Å²) in [7, 11) is -3.14. The predicted molar refractivity (Wildman–Crippen MR) is 149 cm³/mol. The maximum absolute atomic E-state index is 14.3. The Labute approximate surface area is 232 Å². The fourth-order valence-corrected chi connectivity index (χ4v) is 6.12. The van der Waals surface area contributed by atoms with Crippen molar-refractivity contribution >= 4 is 15.9 Å². The maximum Gasteiger partial charge on any atom is 0.409 e. The number of ether oxygens (including phenoxy) is 2. The van der Waals surface area contributed by atoms with Crippen molar-refractivity contribution in [3.05, 3.63) is 60.2 Å². The van der Waals surface area contributed by atoms with Crippen LogP contribution in [0, 0.1) is 16.7 Å². The molecule has 4 N–H and O–H groups in total. The maximum atomic E-state index is 14.3. The first-order valence-electron chi connectivity index (χ1n) is 12.8. The van der Waals surface area contributed by atoms with Gasteiger partial charge < -0.3 is 20.3 Å². The molecule has 0 radical (unpaired) electrons. The Morgan fingerprint density at radius 1 is 1.00 bits per heavy atom. The number of benzene rings is 2. The first-order valence-corrected chi connectivity index (χ1v) is 14.3. The number of sulfone groups is 1. The molecule has 2 aromatic rings. The molecular formula is C29H41N3O6S. The zero-order valence-corrected chi connectivity index (χ0v) is 24.5. The lowest BCUT2D eigenvalue weighted by Crippen LogP contribution is -2.74. The van der Waals surface area contributed by atoms with Gasteiger partial charge in [0.25, 0.3) is 0 Å². The van der Waals surface area contributed by atoms with Gasteiger partial charge in [-0.05, 0) is 75.3 Å². The van der Waals surface area contributed by atoms with Crippen molar-refractivity contribution in [1.29, 1.82) is 5.26 Å². The quantitative estimate of drug-likeness (QED) is 0.317. The van der Waals surface area contributed by atoms with E-state index in [1.807, 2.05) is 13.8 Å². The van der Waals surface area contributed by atoms with E-state index in [0.29, 0.717) is 17.7 Å². The Hall–Kier alpha value is -3.13. The minimum Gasteiger partial charge on any atom is -0.497 e. The van der Waals surface area contributed by atoms with E-state index in [9.17, 15) is 18.3 Å². The molecule has 2 aromatic carbocycles. The number of methoxy groups -OCH3 is 1. The lowest BCUT2D eigenvalue weighted by atomic mass is 9.80. The summed E-state index contributed by atoms with van der Waals surface area (Å²) >= 11 is 0. The van der Waals surface area contributed by atoms with Gasteiger partial charge in [0.1, 0.15) is 17.0 Å². The molecule has 0 spiro atoms. The van der Waals surface area contributed by atoms with Crippen LogP contribution < -0.4 is 15.8 Å². The predicted octanol–water partition coefficient (Wildman–Crippen LogP) is 4.69. The van der Waals surface area contributed by atoms with Gasteiger partial charge in [-0.1, -0.05) is 44.2 Å². The van der Waals surface area contributed by atoms with E-state index in [-0.39, 0.29) is 30.6 Å². The molecule has 0 aliphatic carbocycles. The first-order chi connectivity index (χ1) is 18.0. The number of carbonyl (C=O) groups is 1. The van der Waals surface area contributed by atoms with Gasteiger partial charge in [0.15, 0.2) is 0 Å². The van der Waals surface area contributed by atoms with Crippen molar-refractivity contribution < 1.29 is 27.8 Å². The number of nitrogens with zero attached hydrogens (tertiary/aromatic N) is 1. The molecule has 0 fully saturated rings. The molecule has 10 heteroatoms. The highest BCUT2D eigenvalue weighted by molar-refractivity contribution is 7.92. The minimum absolute atomic E-state index is 0.186. The number of aliphatic hydroxyl groups is 1. The Balaban J connectivity index is 2.71. The number of nitrogens with two attached hydrogens (primary N) is 1. The molecule has 1 amide bonds. The monoisotopic (exact) mass is 559 g/mol. The van der Waals surface area contributed by atoms with E-state index in [1.54, 1.807) is 51.1 Å². The third kappa shape index (κ3) is 8.18. The van der Waals surface area contributed by atoms with E-state index >= 15 is 0 Å². The first kappa shape index (κ1) is 32.1. The second-order valence-corrected chi connectivity index (χ2v) is 13.7. The number of nitriles is 1. The molecule has 0 aliphatic rings. The number of rotatable bonds is 12. The molecule has 2 unspecified atom stereocenters. The van der Waals surface area contributed by atoms with Crippen LogP contribution in [0.2, 0.25) is 0 Å². The van der Waals surface area contributed by atoms with Crippen LogP contribution in [0.3, 0.4) is 0 Å². The summed E-state index contributed by atoms with van der Waals surface area (Å²) in [4.78, 5) is 10.2. The van der Waals surface area contributed by atoms with Crippen molar-refractivity contribution in [3.8, 4) is 11.8 Å². The molecule has 214 valence electrons. The average Bonchev–Trinajstić information content (AvgIpc) is 2.85. The molecule has 39 heavy (non-hydrogen) atoms. The highest BCUT2D eigenvalue weighted by atomic mass is 32.2. The lowest BCUT2D eigenvalue weighted by molar-refractivity contribution is -0.00884. The van der Waals surface area contributed by atoms with Crippen molar-refractivity contribution in [2.24, 2.45) is 11.1 Å². The largest absolute Gasteiger partial charge is 0.497 e. The van der Waals surface area contributed by atoms with E-state index in [4.69, 9.17) is 20.5 Å². The third-order valence-corrected chi connectivity index (χ3v) is 8.97. The molecule has 2 atom stereocenters. The molecule has 0 saturated carbocycles. The fourth-order valence-electron chi connectivity index (χ4n) is 4.26. The van der Waals surface area contributed by atoms with E-state index in [2.05, 4.69) is 11.4 Å². The highest BCUT2D eigenvalue weighted by Gasteiger charge is 2.59. The van der Waals surface area contributed by atoms with Crippen molar-refractivity contribution in [2.75, 3.05) is 7.11 Å². The molecule has 2 rings (SSSR count). The SMILES string of the molecule is COc1ccc(S(=O)(=O)C(O)(CCC(C)(C)CCC#N)C(N)(Cc2ccccc2)NC(=O)OC(C)(C)C)cc1. The second-order valence-electron chi connectivity index (χ2n) is 11.5. The number of hydrogen-bond acceptors (Lipinski definition) is 8. The molecular weight excluding hydrogens is 518 g/mol. The summed E-state index contributed by atoms with van der Waals surface area (Å²) in [5.74, 6) is 0.435. The van der Waals surface area contributed by atoms with Gasteiger partial charge in [-0.25, -0.2) is 13.2 Å². The number of hydrogen-bond donors (Lipinski definition) is 3. The topological polar surface area (TPSA) is 152 Å². The van der Waals surface area contributed by atoms with Crippen molar-refractivity contribution in [2.45, 2.75) is 87.8 Å². The number of carbonyl (C=O) groups excluding carboxylic acids is 1. The molecule has 9 nitrogen and oxygen atoms in total. The Morgan fingerprint density at radius 2 is 1.59 bits per heavy atom. The normalized spacial score (nSPS) is 15.4. The second kappa shape index (κ2) is 12.4. The summed E-state index contributed by atoms with van der Waals surface area (Å²) in [5.41, 5.74) is 3.81. The van der Waals surface area contributed by atoms with Crippen molar-refractivity contribution in [3.63, 3.8) is 0 Å². The number of nitrogens with one attached hydrogen (secondary N) is 1. The van der Waals surface area contributed by atoms with Gasteiger partial charge in [0.05, 0.1) is 18.1 Å². The van der Waals surface area contributed by atoms with Gasteiger partial charge in [-0.3, -0.25) is 5.32 Å². The van der Waals surface area contributed by atoms with Gasteiger partial charge in [0, 0.05) is 12.8 Å². The third-order valence-electron chi connectivity index (χ3n) is 6.62. The van der Waals surface area contributed by atoms with Crippen LogP contribution in [0.1, 0.15) is 65.9 Å². The molecule has 0 aliphatic heterocycles. The van der Waals surface area contributed by atoms with Crippen LogP contribution in [0.15, 0.2) is 59.5 Å². The average molecular weight is 560 g/mol. The Morgan fingerprint density at radius 3 is 2.10 bits per heavy atom. The summed E-state index contributed by atoms with van der Waals surface area (Å²) in [5, 5.41) is 24.0. The van der Waals surface area contributed by atoms with Crippen LogP contribution in [-0.4, -0.2) is 42.9 Å². The van der Waals surface area contributed by atoms with Crippen LogP contribution in [0.25, 0.3) is 0 Å². The number of alkyl carbamates (subject to hydrolysis) is 1. The van der Waals surface area contributed by atoms with Gasteiger partial charge in [-0.2, -0.15) is 5.26 Å². The van der Waals surface area contributed by atoms with Crippen LogP contribution >= 0.6 is 0 Å². The van der Waals surface area contributed by atoms with Crippen LogP contribution in [0.4, 0.5) is 4.79 Å². The smallest absolute Gasteiger partial charge is 0.409 e. The summed E-state index contributed by atoms with van der Waals surface area (Å²) < 4.78 is 39.1. The number of amides is 1. The molecule has 0 aromatic heterocycles. The van der Waals surface area contributed by atoms with E-state index in [0.717, 1.165) is 0 Å². The standard InChI is InChI=1S/C29H41N3O6S/c1-26(2,3)38-25(33)32-28(31,21-22-11-8-7-9-12-22)29(34,19-18-27(4,5)17-10-20-30)39(35,36)24-15-13-23(37-6)14-16-24/h7-9,11-16,34H,10,17-19,21,31H2,1-6H3,(H,32,33). The summed E-state index contributed by atoms with van der Waals surface area (Å²) in [6, 6.07) is 16.5. The summed E-state index contributed by atoms with van der Waals surface area (Å²) in [6.45, 7) is 8.78. The Bertz CT molecular complexity index is 1250. The minimum atomic E-state index is -4.60. The lowest BCUT2D eigenvalue weighted by Gasteiger charge is -2.45. The van der Waals surface area contributed by atoms with Crippen LogP contribution in [-0.2, 0) is 21.0 Å². The molecule has 0 bridgehead atoms. The molecule has 0 saturated heterocycles. The summed E-state index contributed by atoms with van der Waals surface area (Å²) in [6.07, 6.45) is -0.545. The van der Waals surface area contributed by atoms with Crippen molar-refractivity contribution in [1.82, 2.24) is 5.32 Å².